The molecule has 30 heavy (non-hydrogen) atoms. The number of quaternary nitrogens is 1. The van der Waals surface area contributed by atoms with Gasteiger partial charge in [-0.25, -0.2) is 4.78 Å². The Hall–Kier alpha value is -1.13. The summed E-state index contributed by atoms with van der Waals surface area (Å²) >= 11 is 6.80. The number of rotatable bonds is 3. The predicted octanol–water partition coefficient (Wildman–Crippen LogP) is 4.40. The third-order valence-electron chi connectivity index (χ3n) is 7.10. The van der Waals surface area contributed by atoms with Gasteiger partial charge in [0.25, 0.3) is 0 Å². The third kappa shape index (κ3) is 3.58. The maximum Gasteiger partial charge on any atom is 0.156 e. The molecule has 0 spiro atoms. The summed E-state index contributed by atoms with van der Waals surface area (Å²) in [7, 11) is 0. The maximum absolute atomic E-state index is 6.80. The van der Waals surface area contributed by atoms with E-state index in [2.05, 4.69) is 65.1 Å². The Morgan fingerprint density at radius 2 is 1.63 bits per heavy atom. The van der Waals surface area contributed by atoms with Crippen LogP contribution in [0.15, 0.2) is 53.1 Å². The van der Waals surface area contributed by atoms with Crippen LogP contribution < -0.4 is 15.1 Å². The molecular formula is C24H36N4PS+. The van der Waals surface area contributed by atoms with Crippen molar-refractivity contribution in [1.29, 1.82) is 0 Å². The van der Waals surface area contributed by atoms with Crippen LogP contribution in [0.3, 0.4) is 0 Å². The standard InChI is InChI=1S/C24H35N4PS/c1-24(2)18-21-23(22(19-24)26-14-8-4-9-15-26)29(30,27-16-10-5-11-17-27)28(25-21)20-12-6-3-7-13-20/h3,6-7,12-13,18,25H,4-5,8-11,14-17,19H2,1-2H3/p+1/t29-/m0/s1. The number of nitrogens with one attached hydrogen (secondary N) is 2. The number of anilines is 1. The molecule has 0 amide bonds. The van der Waals surface area contributed by atoms with E-state index in [1.54, 1.807) is 10.6 Å². The van der Waals surface area contributed by atoms with Gasteiger partial charge in [0.1, 0.15) is 11.0 Å². The molecule has 3 aliphatic heterocycles. The Labute approximate surface area is 187 Å². The van der Waals surface area contributed by atoms with Crippen molar-refractivity contribution in [2.45, 2.75) is 58.8 Å². The molecule has 1 aromatic carbocycles. The molecule has 3 fully saturated rings. The van der Waals surface area contributed by atoms with Crippen molar-refractivity contribution in [3.8, 4) is 0 Å². The van der Waals surface area contributed by atoms with E-state index >= 15 is 0 Å². The lowest BCUT2D eigenvalue weighted by atomic mass is 9.82. The molecule has 4 nitrogen and oxygen atoms in total. The van der Waals surface area contributed by atoms with E-state index in [0.29, 0.717) is 0 Å². The zero-order valence-electron chi connectivity index (χ0n) is 18.5. The van der Waals surface area contributed by atoms with E-state index in [0.717, 1.165) is 19.5 Å². The minimum Gasteiger partial charge on any atom is -0.305 e. The minimum absolute atomic E-state index is 0.167. The SMILES string of the molecule is CC1(C)C=C2NN(c3ccccc3)[P@@](=S)(N3CCCCC3)C2=C([NH+]2CCCCC2)C1. The Bertz CT molecular complexity index is 895. The lowest BCUT2D eigenvalue weighted by Crippen LogP contribution is -3.11. The van der Waals surface area contributed by atoms with Crippen LogP contribution >= 0.6 is 6.34 Å². The molecule has 1 atom stereocenters. The lowest BCUT2D eigenvalue weighted by molar-refractivity contribution is -0.868. The minimum atomic E-state index is -2.11. The van der Waals surface area contributed by atoms with Crippen molar-refractivity contribution >= 4 is 23.8 Å². The van der Waals surface area contributed by atoms with Crippen LogP contribution in [0.1, 0.15) is 58.8 Å². The average Bonchev–Trinajstić information content (AvgIpc) is 3.07. The van der Waals surface area contributed by atoms with Gasteiger partial charge in [-0.15, -0.1) is 0 Å². The van der Waals surface area contributed by atoms with Gasteiger partial charge in [-0.1, -0.05) is 56.4 Å². The molecule has 3 saturated heterocycles. The fourth-order valence-corrected chi connectivity index (χ4v) is 10.5. The highest BCUT2D eigenvalue weighted by Gasteiger charge is 2.51. The predicted molar refractivity (Wildman–Crippen MR) is 130 cm³/mol. The number of hydrogen-bond donors (Lipinski definition) is 2. The summed E-state index contributed by atoms with van der Waals surface area (Å²) in [5.41, 5.74) is 8.15. The number of benzene rings is 1. The summed E-state index contributed by atoms with van der Waals surface area (Å²) in [5.74, 6) is 0. The molecule has 1 aromatic rings. The number of nitrogens with zero attached hydrogens (tertiary/aromatic N) is 2. The summed E-state index contributed by atoms with van der Waals surface area (Å²) in [6.45, 7) is 9.57. The first-order valence-corrected chi connectivity index (χ1v) is 14.5. The van der Waals surface area contributed by atoms with Gasteiger partial charge in [-0.3, -0.25) is 10.1 Å². The fourth-order valence-electron chi connectivity index (χ4n) is 5.69. The summed E-state index contributed by atoms with van der Waals surface area (Å²) < 4.78 is 5.09. The number of piperidine rings is 2. The topological polar surface area (TPSA) is 22.9 Å². The number of likely N-dealkylation sites (tertiary alicyclic amines) is 1. The van der Waals surface area contributed by atoms with Crippen LogP contribution in [0.4, 0.5) is 5.69 Å². The van der Waals surface area contributed by atoms with Crippen LogP contribution in [0.25, 0.3) is 0 Å². The number of hydrogen-bond acceptors (Lipinski definition) is 2. The van der Waals surface area contributed by atoms with Crippen molar-refractivity contribution < 1.29 is 4.90 Å². The molecule has 4 aliphatic rings. The van der Waals surface area contributed by atoms with E-state index in [4.69, 9.17) is 11.8 Å². The first kappa shape index (κ1) is 20.8. The molecule has 162 valence electrons. The van der Waals surface area contributed by atoms with Crippen molar-refractivity contribution in [2.24, 2.45) is 5.41 Å². The molecule has 0 aromatic heterocycles. The van der Waals surface area contributed by atoms with E-state index in [-0.39, 0.29) is 5.41 Å². The highest BCUT2D eigenvalue weighted by Crippen LogP contribution is 2.69. The van der Waals surface area contributed by atoms with Crippen molar-refractivity contribution in [3.63, 3.8) is 0 Å². The van der Waals surface area contributed by atoms with Crippen LogP contribution in [-0.4, -0.2) is 30.8 Å². The largest absolute Gasteiger partial charge is 0.305 e. The number of hydrazine groups is 1. The van der Waals surface area contributed by atoms with Crippen LogP contribution in [-0.2, 0) is 11.8 Å². The summed E-state index contributed by atoms with van der Waals surface area (Å²) in [6.07, 6.45) is 9.44. The molecule has 3 heterocycles. The Morgan fingerprint density at radius 3 is 2.33 bits per heavy atom. The van der Waals surface area contributed by atoms with Gasteiger partial charge in [-0.05, 0) is 49.7 Å². The van der Waals surface area contributed by atoms with E-state index in [1.165, 1.54) is 68.3 Å². The molecule has 0 bridgehead atoms. The lowest BCUT2D eigenvalue weighted by Gasteiger charge is -2.42. The highest BCUT2D eigenvalue weighted by atomic mass is 32.4. The highest BCUT2D eigenvalue weighted by molar-refractivity contribution is 8.16. The van der Waals surface area contributed by atoms with E-state index in [1.807, 2.05) is 0 Å². The van der Waals surface area contributed by atoms with Gasteiger partial charge in [0.15, 0.2) is 6.34 Å². The van der Waals surface area contributed by atoms with Gasteiger partial charge in [0.2, 0.25) is 0 Å². The quantitative estimate of drug-likeness (QED) is 0.676. The Kier molecular flexibility index (Phi) is 5.60. The van der Waals surface area contributed by atoms with Gasteiger partial charge in [-0.2, -0.15) is 0 Å². The number of para-hydroxylation sites is 1. The Morgan fingerprint density at radius 1 is 0.967 bits per heavy atom. The summed E-state index contributed by atoms with van der Waals surface area (Å²) in [4.78, 5) is 1.71. The summed E-state index contributed by atoms with van der Waals surface area (Å²) in [6, 6.07) is 10.8. The zero-order chi connectivity index (χ0) is 20.8. The van der Waals surface area contributed by atoms with Gasteiger partial charge >= 0.3 is 0 Å². The molecule has 0 unspecified atom stereocenters. The zero-order valence-corrected chi connectivity index (χ0v) is 20.2. The van der Waals surface area contributed by atoms with Crippen molar-refractivity contribution in [1.82, 2.24) is 10.1 Å². The fraction of sp³-hybridized carbons (Fsp3) is 0.583. The molecule has 2 N–H and O–H groups in total. The normalized spacial score (nSPS) is 30.1. The summed E-state index contributed by atoms with van der Waals surface area (Å²) in [5, 5.41) is 1.50. The second-order valence-corrected chi connectivity index (χ2v) is 14.1. The monoisotopic (exact) mass is 443 g/mol. The molecule has 0 saturated carbocycles. The smallest absolute Gasteiger partial charge is 0.156 e. The van der Waals surface area contributed by atoms with Crippen LogP contribution in [0, 0.1) is 5.41 Å². The Balaban J connectivity index is 1.68. The molecule has 6 heteroatoms. The van der Waals surface area contributed by atoms with Crippen LogP contribution in [0.5, 0.6) is 0 Å². The second-order valence-electron chi connectivity index (χ2n) is 10.0. The number of fused-ring (bicyclic) bond motifs is 1. The van der Waals surface area contributed by atoms with E-state index < -0.39 is 6.34 Å². The molecule has 5 rings (SSSR count). The first-order chi connectivity index (χ1) is 14.5. The number of allylic oxidation sites excluding steroid dienone is 3. The first-order valence-electron chi connectivity index (χ1n) is 11.8. The van der Waals surface area contributed by atoms with Gasteiger partial charge < -0.3 is 4.90 Å². The van der Waals surface area contributed by atoms with E-state index in [9.17, 15) is 0 Å². The maximum atomic E-state index is 6.80. The molecule has 0 radical (unpaired) electrons. The average molecular weight is 444 g/mol. The third-order valence-corrected chi connectivity index (χ3v) is 12.0. The second kappa shape index (κ2) is 8.09. The van der Waals surface area contributed by atoms with Crippen molar-refractivity contribution in [2.75, 3.05) is 31.0 Å². The van der Waals surface area contributed by atoms with Gasteiger partial charge in [0.05, 0.1) is 24.5 Å². The molecule has 1 aliphatic carbocycles. The van der Waals surface area contributed by atoms with Crippen molar-refractivity contribution in [3.05, 3.63) is 53.1 Å². The molecular weight excluding hydrogens is 407 g/mol. The van der Waals surface area contributed by atoms with Crippen LogP contribution in [0.2, 0.25) is 0 Å². The van der Waals surface area contributed by atoms with Gasteiger partial charge in [0, 0.05) is 19.5 Å².